The molecule has 1 saturated heterocycles. The van der Waals surface area contributed by atoms with Gasteiger partial charge in [-0.05, 0) is 56.2 Å². The second-order valence-corrected chi connectivity index (χ2v) is 7.31. The second kappa shape index (κ2) is 9.66. The van der Waals surface area contributed by atoms with Crippen LogP contribution in [0.3, 0.4) is 0 Å². The molecule has 3 rings (SSSR count). The number of carbonyl (C=O) groups excluding carboxylic acids is 3. The van der Waals surface area contributed by atoms with Gasteiger partial charge in [-0.25, -0.2) is 9.69 Å². The standard InChI is InChI=1S/C23H23ClN2O5/c1-4-10-31-20-18(24)12-15(13-19(20)30-5-2)11-17-21(27)25-23(29)26(22(17)28)16-8-6-14(3)7-9-16/h6-9,11-13H,4-5,10H2,1-3H3,(H,25,27,29)/b17-11+. The summed E-state index contributed by atoms with van der Waals surface area (Å²) in [6, 6.07) is 9.26. The Labute approximate surface area is 185 Å². The molecule has 1 heterocycles. The van der Waals surface area contributed by atoms with Gasteiger partial charge in [-0.15, -0.1) is 0 Å². The van der Waals surface area contributed by atoms with E-state index in [4.69, 9.17) is 21.1 Å². The molecular weight excluding hydrogens is 420 g/mol. The molecule has 4 amide bonds. The van der Waals surface area contributed by atoms with Gasteiger partial charge in [0.2, 0.25) is 0 Å². The lowest BCUT2D eigenvalue weighted by atomic mass is 10.1. The third-order valence-corrected chi connectivity index (χ3v) is 4.77. The lowest BCUT2D eigenvalue weighted by molar-refractivity contribution is -0.122. The average Bonchev–Trinajstić information content (AvgIpc) is 2.72. The molecule has 0 unspecified atom stereocenters. The number of urea groups is 1. The van der Waals surface area contributed by atoms with E-state index in [2.05, 4.69) is 5.32 Å². The lowest BCUT2D eigenvalue weighted by Gasteiger charge is -2.26. The maximum Gasteiger partial charge on any atom is 0.335 e. The number of amides is 4. The number of imide groups is 2. The summed E-state index contributed by atoms with van der Waals surface area (Å²) in [5.74, 6) is -0.689. The van der Waals surface area contributed by atoms with E-state index in [1.807, 2.05) is 20.8 Å². The number of barbiturate groups is 1. The summed E-state index contributed by atoms with van der Waals surface area (Å²) < 4.78 is 11.3. The van der Waals surface area contributed by atoms with Gasteiger partial charge in [0.15, 0.2) is 11.5 Å². The van der Waals surface area contributed by atoms with Gasteiger partial charge in [0, 0.05) is 0 Å². The first-order chi connectivity index (χ1) is 14.8. The smallest absolute Gasteiger partial charge is 0.335 e. The van der Waals surface area contributed by atoms with E-state index in [0.29, 0.717) is 41.0 Å². The van der Waals surface area contributed by atoms with Gasteiger partial charge in [0.1, 0.15) is 5.57 Å². The first-order valence-electron chi connectivity index (χ1n) is 9.93. The molecule has 2 aromatic carbocycles. The molecule has 0 atom stereocenters. The molecule has 0 saturated carbocycles. The summed E-state index contributed by atoms with van der Waals surface area (Å²) in [7, 11) is 0. The van der Waals surface area contributed by atoms with Crippen LogP contribution in [0.2, 0.25) is 5.02 Å². The topological polar surface area (TPSA) is 84.9 Å². The van der Waals surface area contributed by atoms with Crippen molar-refractivity contribution in [2.24, 2.45) is 0 Å². The number of carbonyl (C=O) groups is 3. The third-order valence-electron chi connectivity index (χ3n) is 4.49. The van der Waals surface area contributed by atoms with Crippen molar-refractivity contribution in [1.29, 1.82) is 0 Å². The average molecular weight is 443 g/mol. The molecule has 0 bridgehead atoms. The van der Waals surface area contributed by atoms with Crippen molar-refractivity contribution in [3.8, 4) is 11.5 Å². The molecule has 7 nitrogen and oxygen atoms in total. The van der Waals surface area contributed by atoms with Crippen molar-refractivity contribution < 1.29 is 23.9 Å². The van der Waals surface area contributed by atoms with Crippen LogP contribution in [-0.4, -0.2) is 31.1 Å². The lowest BCUT2D eigenvalue weighted by Crippen LogP contribution is -2.54. The summed E-state index contributed by atoms with van der Waals surface area (Å²) in [6.07, 6.45) is 2.18. The summed E-state index contributed by atoms with van der Waals surface area (Å²) in [5, 5.41) is 2.50. The third kappa shape index (κ3) is 4.88. The Balaban J connectivity index is 2.00. The van der Waals surface area contributed by atoms with Crippen LogP contribution in [0.5, 0.6) is 11.5 Å². The van der Waals surface area contributed by atoms with Crippen LogP contribution in [-0.2, 0) is 9.59 Å². The van der Waals surface area contributed by atoms with Crippen LogP contribution in [0.1, 0.15) is 31.4 Å². The molecular formula is C23H23ClN2O5. The SMILES string of the molecule is CCCOc1c(Cl)cc(/C=C2\C(=O)NC(=O)N(c3ccc(C)cc3)C2=O)cc1OCC. The van der Waals surface area contributed by atoms with Crippen molar-refractivity contribution in [2.75, 3.05) is 18.1 Å². The Bertz CT molecular complexity index is 1050. The Morgan fingerprint density at radius 1 is 1.06 bits per heavy atom. The number of nitrogens with zero attached hydrogens (tertiary/aromatic N) is 1. The molecule has 0 aliphatic carbocycles. The summed E-state index contributed by atoms with van der Waals surface area (Å²) >= 11 is 6.37. The predicted octanol–water partition coefficient (Wildman–Crippen LogP) is 4.50. The van der Waals surface area contributed by atoms with Crippen molar-refractivity contribution >= 4 is 41.2 Å². The predicted molar refractivity (Wildman–Crippen MR) is 119 cm³/mol. The van der Waals surface area contributed by atoms with Crippen molar-refractivity contribution in [2.45, 2.75) is 27.2 Å². The Morgan fingerprint density at radius 2 is 1.77 bits per heavy atom. The number of halogens is 1. The van der Waals surface area contributed by atoms with Gasteiger partial charge >= 0.3 is 6.03 Å². The van der Waals surface area contributed by atoms with Crippen LogP contribution in [0, 0.1) is 6.92 Å². The fourth-order valence-corrected chi connectivity index (χ4v) is 3.30. The quantitative estimate of drug-likeness (QED) is 0.504. The van der Waals surface area contributed by atoms with E-state index in [-0.39, 0.29) is 5.57 Å². The van der Waals surface area contributed by atoms with Gasteiger partial charge in [-0.3, -0.25) is 14.9 Å². The van der Waals surface area contributed by atoms with E-state index < -0.39 is 17.8 Å². The Morgan fingerprint density at radius 3 is 2.42 bits per heavy atom. The highest BCUT2D eigenvalue weighted by Gasteiger charge is 2.36. The first kappa shape index (κ1) is 22.4. The minimum Gasteiger partial charge on any atom is -0.490 e. The highest BCUT2D eigenvalue weighted by atomic mass is 35.5. The fourth-order valence-electron chi connectivity index (χ4n) is 3.03. The second-order valence-electron chi connectivity index (χ2n) is 6.90. The van der Waals surface area contributed by atoms with Crippen molar-refractivity contribution in [3.05, 3.63) is 58.1 Å². The zero-order valence-electron chi connectivity index (χ0n) is 17.5. The highest BCUT2D eigenvalue weighted by Crippen LogP contribution is 2.37. The number of rotatable bonds is 7. The number of hydrogen-bond acceptors (Lipinski definition) is 5. The minimum atomic E-state index is -0.799. The summed E-state index contributed by atoms with van der Waals surface area (Å²) in [4.78, 5) is 38.7. The summed E-state index contributed by atoms with van der Waals surface area (Å²) in [5.41, 5.74) is 1.61. The van der Waals surface area contributed by atoms with E-state index in [9.17, 15) is 14.4 Å². The Hall–Kier alpha value is -3.32. The molecule has 1 N–H and O–H groups in total. The largest absolute Gasteiger partial charge is 0.490 e. The zero-order chi connectivity index (χ0) is 22.5. The van der Waals surface area contributed by atoms with E-state index >= 15 is 0 Å². The van der Waals surface area contributed by atoms with Crippen molar-refractivity contribution in [3.63, 3.8) is 0 Å². The Kier molecular flexibility index (Phi) is 6.97. The molecule has 162 valence electrons. The number of ether oxygens (including phenoxy) is 2. The monoisotopic (exact) mass is 442 g/mol. The number of nitrogens with one attached hydrogen (secondary N) is 1. The van der Waals surface area contributed by atoms with Gasteiger partial charge < -0.3 is 9.47 Å². The fraction of sp³-hybridized carbons (Fsp3) is 0.261. The molecule has 8 heteroatoms. The van der Waals surface area contributed by atoms with Gasteiger partial charge in [0.05, 0.1) is 23.9 Å². The summed E-state index contributed by atoms with van der Waals surface area (Å²) in [6.45, 7) is 6.54. The van der Waals surface area contributed by atoms with Crippen LogP contribution in [0.25, 0.3) is 6.08 Å². The van der Waals surface area contributed by atoms with Gasteiger partial charge in [-0.2, -0.15) is 0 Å². The van der Waals surface area contributed by atoms with E-state index in [1.54, 1.807) is 36.4 Å². The molecule has 2 aromatic rings. The highest BCUT2D eigenvalue weighted by molar-refractivity contribution is 6.39. The molecule has 0 radical (unpaired) electrons. The van der Waals surface area contributed by atoms with Crippen LogP contribution in [0.15, 0.2) is 42.0 Å². The van der Waals surface area contributed by atoms with E-state index in [1.165, 1.54) is 6.08 Å². The minimum absolute atomic E-state index is 0.194. The molecule has 0 spiro atoms. The van der Waals surface area contributed by atoms with Crippen molar-refractivity contribution in [1.82, 2.24) is 5.32 Å². The van der Waals surface area contributed by atoms with E-state index in [0.717, 1.165) is 16.9 Å². The maximum atomic E-state index is 13.0. The molecule has 0 aromatic heterocycles. The zero-order valence-corrected chi connectivity index (χ0v) is 18.3. The van der Waals surface area contributed by atoms with Crippen LogP contribution in [0.4, 0.5) is 10.5 Å². The number of anilines is 1. The number of aryl methyl sites for hydroxylation is 1. The molecule has 1 fully saturated rings. The maximum absolute atomic E-state index is 13.0. The van der Waals surface area contributed by atoms with Crippen LogP contribution < -0.4 is 19.7 Å². The van der Waals surface area contributed by atoms with Gasteiger partial charge in [0.25, 0.3) is 11.8 Å². The number of hydrogen-bond donors (Lipinski definition) is 1. The molecule has 1 aliphatic rings. The van der Waals surface area contributed by atoms with Crippen LogP contribution >= 0.6 is 11.6 Å². The normalized spacial score (nSPS) is 15.3. The molecule has 1 aliphatic heterocycles. The molecule has 31 heavy (non-hydrogen) atoms. The first-order valence-corrected chi connectivity index (χ1v) is 10.3. The number of benzene rings is 2. The van der Waals surface area contributed by atoms with Gasteiger partial charge in [-0.1, -0.05) is 36.2 Å².